The van der Waals surface area contributed by atoms with Crippen molar-refractivity contribution in [1.29, 1.82) is 0 Å². The van der Waals surface area contributed by atoms with E-state index in [4.69, 9.17) is 9.47 Å². The van der Waals surface area contributed by atoms with Crippen LogP contribution in [0.4, 0.5) is 17.1 Å². The van der Waals surface area contributed by atoms with Crippen LogP contribution in [0.5, 0.6) is 11.5 Å². The molecule has 9 nitrogen and oxygen atoms in total. The highest BCUT2D eigenvalue weighted by atomic mass is 16.5. The second-order valence-electron chi connectivity index (χ2n) is 12.4. The fraction of sp³-hybridized carbons (Fsp3) is 0.150. The summed E-state index contributed by atoms with van der Waals surface area (Å²) < 4.78 is 10.8. The van der Waals surface area contributed by atoms with Gasteiger partial charge in [-0.2, -0.15) is 0 Å². The van der Waals surface area contributed by atoms with Crippen molar-refractivity contribution in [2.24, 2.45) is 11.8 Å². The first-order valence-electron chi connectivity index (χ1n) is 16.0. The van der Waals surface area contributed by atoms with Crippen molar-refractivity contribution in [2.75, 3.05) is 29.8 Å². The van der Waals surface area contributed by atoms with E-state index in [0.29, 0.717) is 22.9 Å². The standard InChI is InChI=1S/C40H31N3O6/c1-48-31-17-9-7-15-29(31)41-37(44)22-19-23(38(45)42-30-16-8-10-18-32(30)49-2)21-24(20-22)43-39(46)35-33-25-11-3-4-12-26(25)34(36(35)40(43)47)28-14-6-5-13-27(28)33/h3-21,33-36H,1-2H3,(H,41,44)(H,42,45)/t33?,34?,35-,36-/m0/s1. The van der Waals surface area contributed by atoms with Gasteiger partial charge < -0.3 is 20.1 Å². The summed E-state index contributed by atoms with van der Waals surface area (Å²) in [5.41, 5.74) is 5.37. The van der Waals surface area contributed by atoms with Gasteiger partial charge in [0, 0.05) is 23.0 Å². The number of anilines is 3. The lowest BCUT2D eigenvalue weighted by Crippen LogP contribution is -2.41. The maximum atomic E-state index is 14.5. The topological polar surface area (TPSA) is 114 Å². The van der Waals surface area contributed by atoms with E-state index in [1.807, 2.05) is 48.5 Å². The predicted octanol–water partition coefficient (Wildman–Crippen LogP) is 6.61. The summed E-state index contributed by atoms with van der Waals surface area (Å²) >= 11 is 0. The Morgan fingerprint density at radius 1 is 0.551 bits per heavy atom. The molecule has 5 aromatic rings. The molecule has 9 heteroatoms. The highest BCUT2D eigenvalue weighted by molar-refractivity contribution is 6.24. The highest BCUT2D eigenvalue weighted by Gasteiger charge is 2.61. The predicted molar refractivity (Wildman–Crippen MR) is 184 cm³/mol. The van der Waals surface area contributed by atoms with Gasteiger partial charge in [0.05, 0.1) is 43.1 Å². The molecule has 1 aliphatic heterocycles. The molecule has 0 radical (unpaired) electrons. The molecule has 3 aliphatic carbocycles. The zero-order valence-electron chi connectivity index (χ0n) is 26.7. The third-order valence-electron chi connectivity index (χ3n) is 9.86. The number of ether oxygens (including phenoxy) is 2. The maximum Gasteiger partial charge on any atom is 0.255 e. The van der Waals surface area contributed by atoms with Crippen molar-refractivity contribution < 1.29 is 28.7 Å². The molecule has 2 atom stereocenters. The minimum absolute atomic E-state index is 0.0820. The summed E-state index contributed by atoms with van der Waals surface area (Å²) in [6, 6.07) is 34.3. The van der Waals surface area contributed by atoms with E-state index in [2.05, 4.69) is 10.6 Å². The Morgan fingerprint density at radius 2 is 0.918 bits per heavy atom. The molecule has 1 heterocycles. The van der Waals surface area contributed by atoms with Crippen LogP contribution in [-0.2, 0) is 9.59 Å². The summed E-state index contributed by atoms with van der Waals surface area (Å²) in [5, 5.41) is 5.69. The van der Waals surface area contributed by atoms with Gasteiger partial charge in [-0.15, -0.1) is 0 Å². The number of benzene rings is 5. The molecule has 2 bridgehead atoms. The largest absolute Gasteiger partial charge is 0.495 e. The number of nitrogens with zero attached hydrogens (tertiary/aromatic N) is 1. The van der Waals surface area contributed by atoms with Gasteiger partial charge in [0.1, 0.15) is 11.5 Å². The van der Waals surface area contributed by atoms with Crippen LogP contribution in [0.3, 0.4) is 0 Å². The Balaban J connectivity index is 1.22. The maximum absolute atomic E-state index is 14.5. The second kappa shape index (κ2) is 11.8. The molecule has 0 saturated carbocycles. The summed E-state index contributed by atoms with van der Waals surface area (Å²) in [5.74, 6) is -2.75. The molecule has 1 fully saturated rings. The summed E-state index contributed by atoms with van der Waals surface area (Å²) in [4.78, 5) is 57.9. The minimum Gasteiger partial charge on any atom is -0.495 e. The smallest absolute Gasteiger partial charge is 0.255 e. The van der Waals surface area contributed by atoms with E-state index < -0.39 is 23.7 Å². The number of carbonyl (C=O) groups excluding carboxylic acids is 4. The normalized spacial score (nSPS) is 19.8. The van der Waals surface area contributed by atoms with E-state index in [9.17, 15) is 19.2 Å². The van der Waals surface area contributed by atoms with Gasteiger partial charge in [0.2, 0.25) is 11.8 Å². The number of imide groups is 1. The molecular formula is C40H31N3O6. The summed E-state index contributed by atoms with van der Waals surface area (Å²) in [6.45, 7) is 0. The molecule has 9 rings (SSSR count). The van der Waals surface area contributed by atoms with E-state index in [1.165, 1.54) is 37.3 Å². The van der Waals surface area contributed by atoms with Crippen molar-refractivity contribution in [2.45, 2.75) is 11.8 Å². The number of amides is 4. The van der Waals surface area contributed by atoms with Crippen molar-refractivity contribution in [3.05, 3.63) is 149 Å². The molecule has 242 valence electrons. The monoisotopic (exact) mass is 649 g/mol. The number of para-hydroxylation sites is 4. The molecule has 0 unspecified atom stereocenters. The number of rotatable bonds is 7. The molecule has 4 amide bonds. The Hall–Kier alpha value is -6.22. The van der Waals surface area contributed by atoms with Gasteiger partial charge in [0.25, 0.3) is 11.8 Å². The van der Waals surface area contributed by atoms with Crippen molar-refractivity contribution >= 4 is 40.7 Å². The first-order chi connectivity index (χ1) is 23.9. The van der Waals surface area contributed by atoms with Crippen LogP contribution in [0.2, 0.25) is 0 Å². The fourth-order valence-electron chi connectivity index (χ4n) is 7.82. The number of hydrogen-bond acceptors (Lipinski definition) is 6. The third kappa shape index (κ3) is 4.77. The summed E-state index contributed by atoms with van der Waals surface area (Å²) in [6.07, 6.45) is 0. The molecule has 49 heavy (non-hydrogen) atoms. The van der Waals surface area contributed by atoms with Crippen LogP contribution < -0.4 is 25.0 Å². The van der Waals surface area contributed by atoms with E-state index in [0.717, 1.165) is 22.3 Å². The van der Waals surface area contributed by atoms with Crippen LogP contribution in [0.1, 0.15) is 54.8 Å². The quantitative estimate of drug-likeness (QED) is 0.192. The third-order valence-corrected chi connectivity index (χ3v) is 9.86. The molecule has 0 spiro atoms. The van der Waals surface area contributed by atoms with Crippen LogP contribution in [0.25, 0.3) is 0 Å². The van der Waals surface area contributed by atoms with Gasteiger partial charge in [-0.05, 0) is 64.7 Å². The Morgan fingerprint density at radius 3 is 1.31 bits per heavy atom. The van der Waals surface area contributed by atoms with Gasteiger partial charge in [-0.3, -0.25) is 19.2 Å². The van der Waals surface area contributed by atoms with Crippen molar-refractivity contribution in [1.82, 2.24) is 0 Å². The zero-order valence-corrected chi connectivity index (χ0v) is 26.7. The molecule has 0 aromatic heterocycles. The number of methoxy groups -OCH3 is 2. The first-order valence-corrected chi connectivity index (χ1v) is 16.0. The SMILES string of the molecule is COc1ccccc1NC(=O)c1cc(C(=O)Nc2ccccc2OC)cc(N2C(=O)[C@H]3C4c5ccccc5C(c5ccccc54)[C@@H]3C2=O)c1. The van der Waals surface area contributed by atoms with Gasteiger partial charge in [-0.1, -0.05) is 72.8 Å². The average Bonchev–Trinajstić information content (AvgIpc) is 3.41. The van der Waals surface area contributed by atoms with E-state index >= 15 is 0 Å². The molecule has 2 N–H and O–H groups in total. The molecule has 5 aromatic carbocycles. The molecule has 4 aliphatic rings. The lowest BCUT2D eigenvalue weighted by molar-refractivity contribution is -0.122. The van der Waals surface area contributed by atoms with E-state index in [1.54, 1.807) is 48.5 Å². The Bertz CT molecular complexity index is 2000. The summed E-state index contributed by atoms with van der Waals surface area (Å²) in [7, 11) is 3.00. The van der Waals surface area contributed by atoms with Crippen molar-refractivity contribution in [3.8, 4) is 11.5 Å². The van der Waals surface area contributed by atoms with Crippen LogP contribution >= 0.6 is 0 Å². The first kappa shape index (κ1) is 30.1. The number of nitrogens with one attached hydrogen (secondary N) is 2. The van der Waals surface area contributed by atoms with Crippen LogP contribution in [-0.4, -0.2) is 37.8 Å². The van der Waals surface area contributed by atoms with E-state index in [-0.39, 0.29) is 40.5 Å². The van der Waals surface area contributed by atoms with Gasteiger partial charge in [0.15, 0.2) is 0 Å². The second-order valence-corrected chi connectivity index (χ2v) is 12.4. The minimum atomic E-state index is -0.626. The number of hydrogen-bond donors (Lipinski definition) is 2. The molecular weight excluding hydrogens is 618 g/mol. The van der Waals surface area contributed by atoms with Crippen molar-refractivity contribution in [3.63, 3.8) is 0 Å². The lowest BCUT2D eigenvalue weighted by atomic mass is 9.55. The van der Waals surface area contributed by atoms with Gasteiger partial charge in [-0.25, -0.2) is 4.90 Å². The Kier molecular flexibility index (Phi) is 7.25. The van der Waals surface area contributed by atoms with Crippen LogP contribution in [0.15, 0.2) is 115 Å². The fourth-order valence-corrected chi connectivity index (χ4v) is 7.82. The highest BCUT2D eigenvalue weighted by Crippen LogP contribution is 2.61. The Labute approximate surface area is 282 Å². The number of carbonyl (C=O) groups is 4. The molecule has 1 saturated heterocycles. The van der Waals surface area contributed by atoms with Gasteiger partial charge >= 0.3 is 0 Å². The van der Waals surface area contributed by atoms with Crippen LogP contribution in [0, 0.1) is 11.8 Å². The lowest BCUT2D eigenvalue weighted by Gasteiger charge is -2.45. The average molecular weight is 650 g/mol. The zero-order chi connectivity index (χ0) is 33.8.